The molecule has 6 heteroatoms. The minimum atomic E-state index is -0.366. The Labute approximate surface area is 105 Å². The van der Waals surface area contributed by atoms with Gasteiger partial charge < -0.3 is 5.32 Å². The van der Waals surface area contributed by atoms with Crippen LogP contribution in [0, 0.1) is 0 Å². The third-order valence-corrected chi connectivity index (χ3v) is 2.28. The summed E-state index contributed by atoms with van der Waals surface area (Å²) in [5.41, 5.74) is 0.427. The van der Waals surface area contributed by atoms with Gasteiger partial charge in [0.2, 0.25) is 0 Å². The van der Waals surface area contributed by atoms with E-state index in [2.05, 4.69) is 15.6 Å². The molecule has 5 nitrogen and oxygen atoms in total. The van der Waals surface area contributed by atoms with Crippen LogP contribution < -0.4 is 10.6 Å². The molecule has 0 spiro atoms. The molecule has 0 saturated heterocycles. The minimum Gasteiger partial charge on any atom is -0.363 e. The van der Waals surface area contributed by atoms with Crippen LogP contribution in [-0.4, -0.2) is 22.8 Å². The summed E-state index contributed by atoms with van der Waals surface area (Å²) in [4.78, 5) is 26.4. The molecule has 1 aromatic rings. The Hall–Kier alpha value is -1.88. The average molecular weight is 254 g/mol. The van der Waals surface area contributed by atoms with Crippen molar-refractivity contribution in [3.8, 4) is 0 Å². The highest BCUT2D eigenvalue weighted by atomic mass is 35.5. The van der Waals surface area contributed by atoms with Crippen LogP contribution in [0.25, 0.3) is 0 Å². The van der Waals surface area contributed by atoms with Gasteiger partial charge >= 0.3 is 0 Å². The van der Waals surface area contributed by atoms with Gasteiger partial charge in [0.1, 0.15) is 5.82 Å². The average Bonchev–Trinajstić information content (AvgIpc) is 2.59. The highest BCUT2D eigenvalue weighted by Gasteiger charge is 2.25. The molecule has 0 aliphatic carbocycles. The third kappa shape index (κ3) is 3.04. The first-order chi connectivity index (χ1) is 7.66. The molecule has 0 fully saturated rings. The SMILES string of the molecule is CC(Nc1ccccn1)C1=CC(=O)NC1=O.Cl. The largest absolute Gasteiger partial charge is 0.363 e. The van der Waals surface area contributed by atoms with Crippen molar-refractivity contribution >= 4 is 30.0 Å². The smallest absolute Gasteiger partial charge is 0.256 e. The first-order valence-electron chi connectivity index (χ1n) is 4.91. The summed E-state index contributed by atoms with van der Waals surface area (Å²) in [5.74, 6) is -0.0429. The van der Waals surface area contributed by atoms with Crippen molar-refractivity contribution in [1.82, 2.24) is 10.3 Å². The molecule has 0 radical (unpaired) electrons. The zero-order chi connectivity index (χ0) is 11.5. The van der Waals surface area contributed by atoms with Crippen molar-refractivity contribution in [3.63, 3.8) is 0 Å². The highest BCUT2D eigenvalue weighted by molar-refractivity contribution is 6.17. The molecule has 2 heterocycles. The number of halogens is 1. The van der Waals surface area contributed by atoms with Crippen LogP contribution in [-0.2, 0) is 9.59 Å². The number of carbonyl (C=O) groups is 2. The van der Waals surface area contributed by atoms with Crippen LogP contribution in [0.3, 0.4) is 0 Å². The van der Waals surface area contributed by atoms with Crippen LogP contribution in [0.1, 0.15) is 6.92 Å². The molecule has 1 atom stereocenters. The first-order valence-corrected chi connectivity index (χ1v) is 4.91. The standard InChI is InChI=1S/C11H11N3O2.ClH/c1-7(8-6-10(15)14-11(8)16)13-9-4-2-3-5-12-9;/h2-7H,1H3,(H,12,13)(H,14,15,16);1H. The van der Waals surface area contributed by atoms with Gasteiger partial charge in [0.05, 0.1) is 6.04 Å². The summed E-state index contributed by atoms with van der Waals surface area (Å²) < 4.78 is 0. The number of aromatic nitrogens is 1. The predicted octanol–water partition coefficient (Wildman–Crippen LogP) is 0.887. The Kier molecular flexibility index (Phi) is 4.23. The molecule has 2 rings (SSSR count). The van der Waals surface area contributed by atoms with Gasteiger partial charge in [-0.1, -0.05) is 6.07 Å². The summed E-state index contributed by atoms with van der Waals surface area (Å²) in [6.45, 7) is 1.80. The highest BCUT2D eigenvalue weighted by Crippen LogP contribution is 2.12. The Morgan fingerprint density at radius 1 is 1.35 bits per heavy atom. The molecule has 1 aliphatic rings. The van der Waals surface area contributed by atoms with E-state index in [4.69, 9.17) is 0 Å². The maximum Gasteiger partial charge on any atom is 0.256 e. The van der Waals surface area contributed by atoms with E-state index < -0.39 is 0 Å². The van der Waals surface area contributed by atoms with Crippen molar-refractivity contribution in [2.75, 3.05) is 5.32 Å². The van der Waals surface area contributed by atoms with Crippen molar-refractivity contribution in [1.29, 1.82) is 0 Å². The van der Waals surface area contributed by atoms with E-state index in [1.807, 2.05) is 6.07 Å². The molecule has 17 heavy (non-hydrogen) atoms. The Bertz CT molecular complexity index is 459. The molecule has 0 saturated carbocycles. The first kappa shape index (κ1) is 13.2. The maximum absolute atomic E-state index is 11.4. The second-order valence-corrected chi connectivity index (χ2v) is 3.50. The number of carbonyl (C=O) groups excluding carboxylic acids is 2. The second-order valence-electron chi connectivity index (χ2n) is 3.50. The summed E-state index contributed by atoms with van der Waals surface area (Å²) in [5, 5.41) is 5.24. The van der Waals surface area contributed by atoms with Gasteiger partial charge in [0.25, 0.3) is 11.8 Å². The molecule has 90 valence electrons. The second kappa shape index (κ2) is 5.45. The van der Waals surface area contributed by atoms with Crippen molar-refractivity contribution < 1.29 is 9.59 Å². The number of nitrogens with one attached hydrogen (secondary N) is 2. The summed E-state index contributed by atoms with van der Waals surface area (Å²) >= 11 is 0. The van der Waals surface area contributed by atoms with E-state index in [9.17, 15) is 9.59 Å². The molecule has 2 amide bonds. The van der Waals surface area contributed by atoms with Crippen LogP contribution in [0.2, 0.25) is 0 Å². The van der Waals surface area contributed by atoms with Crippen LogP contribution in [0.4, 0.5) is 5.82 Å². The number of hydrogen-bond acceptors (Lipinski definition) is 4. The monoisotopic (exact) mass is 253 g/mol. The van der Waals surface area contributed by atoms with Crippen molar-refractivity contribution in [3.05, 3.63) is 36.0 Å². The van der Waals surface area contributed by atoms with E-state index >= 15 is 0 Å². The predicted molar refractivity (Wildman–Crippen MR) is 65.8 cm³/mol. The quantitative estimate of drug-likeness (QED) is 0.785. The van der Waals surface area contributed by atoms with Gasteiger partial charge in [-0.05, 0) is 19.1 Å². The summed E-state index contributed by atoms with van der Waals surface area (Å²) in [6.07, 6.45) is 2.96. The van der Waals surface area contributed by atoms with E-state index in [0.29, 0.717) is 11.4 Å². The van der Waals surface area contributed by atoms with Crippen LogP contribution >= 0.6 is 12.4 Å². The van der Waals surface area contributed by atoms with Gasteiger partial charge in [-0.15, -0.1) is 12.4 Å². The van der Waals surface area contributed by atoms with Crippen LogP contribution in [0.15, 0.2) is 36.0 Å². The van der Waals surface area contributed by atoms with E-state index in [1.54, 1.807) is 25.3 Å². The summed E-state index contributed by atoms with van der Waals surface area (Å²) in [7, 11) is 0. The Morgan fingerprint density at radius 3 is 2.65 bits per heavy atom. The van der Waals surface area contributed by atoms with Crippen molar-refractivity contribution in [2.24, 2.45) is 0 Å². The normalized spacial score (nSPS) is 15.7. The molecule has 0 aromatic carbocycles. The minimum absolute atomic E-state index is 0. The lowest BCUT2D eigenvalue weighted by Gasteiger charge is -2.13. The lowest BCUT2D eigenvalue weighted by Crippen LogP contribution is -2.28. The van der Waals surface area contributed by atoms with Crippen LogP contribution in [0.5, 0.6) is 0 Å². The topological polar surface area (TPSA) is 71.1 Å². The third-order valence-electron chi connectivity index (χ3n) is 2.28. The molecular weight excluding hydrogens is 242 g/mol. The van der Waals surface area contributed by atoms with Gasteiger partial charge in [-0.3, -0.25) is 14.9 Å². The lowest BCUT2D eigenvalue weighted by atomic mass is 10.1. The molecule has 2 N–H and O–H groups in total. The van der Waals surface area contributed by atoms with Gasteiger partial charge in [0.15, 0.2) is 0 Å². The number of imide groups is 1. The zero-order valence-corrected chi connectivity index (χ0v) is 9.95. The number of nitrogens with zero attached hydrogens (tertiary/aromatic N) is 1. The maximum atomic E-state index is 11.4. The number of amides is 2. The Balaban J connectivity index is 0.00000144. The fourth-order valence-electron chi connectivity index (χ4n) is 1.50. The van der Waals surface area contributed by atoms with Gasteiger partial charge in [-0.2, -0.15) is 0 Å². The zero-order valence-electron chi connectivity index (χ0n) is 9.14. The van der Waals surface area contributed by atoms with Gasteiger partial charge in [0, 0.05) is 17.8 Å². The fraction of sp³-hybridized carbons (Fsp3) is 0.182. The van der Waals surface area contributed by atoms with E-state index in [-0.39, 0.29) is 30.3 Å². The van der Waals surface area contributed by atoms with Crippen molar-refractivity contribution in [2.45, 2.75) is 13.0 Å². The van der Waals surface area contributed by atoms with Gasteiger partial charge in [-0.25, -0.2) is 4.98 Å². The number of rotatable bonds is 3. The number of anilines is 1. The van der Waals surface area contributed by atoms with E-state index in [0.717, 1.165) is 0 Å². The summed E-state index contributed by atoms with van der Waals surface area (Å²) in [6, 6.07) is 5.20. The molecule has 1 aromatic heterocycles. The van der Waals surface area contributed by atoms with E-state index in [1.165, 1.54) is 6.08 Å². The molecular formula is C11H12ClN3O2. The lowest BCUT2D eigenvalue weighted by molar-refractivity contribution is -0.123. The number of hydrogen-bond donors (Lipinski definition) is 2. The molecule has 1 unspecified atom stereocenters. The fourth-order valence-corrected chi connectivity index (χ4v) is 1.50. The molecule has 1 aliphatic heterocycles. The number of pyridine rings is 1. The molecule has 0 bridgehead atoms. The Morgan fingerprint density at radius 2 is 2.12 bits per heavy atom.